The van der Waals surface area contributed by atoms with Crippen molar-refractivity contribution in [2.75, 3.05) is 19.5 Å². The predicted octanol–water partition coefficient (Wildman–Crippen LogP) is 3.48. The minimum atomic E-state index is -0.470. The van der Waals surface area contributed by atoms with Crippen molar-refractivity contribution in [3.05, 3.63) is 69.2 Å². The highest BCUT2D eigenvalue weighted by molar-refractivity contribution is 6.32. The fourth-order valence-corrected chi connectivity index (χ4v) is 3.72. The van der Waals surface area contributed by atoms with E-state index in [1.54, 1.807) is 12.1 Å². The second kappa shape index (κ2) is 8.95. The lowest BCUT2D eigenvalue weighted by Crippen LogP contribution is -2.30. The SMILES string of the molecule is COc1cc(OC)c(NC(=O)Cn2ncn3nc(-c4cc(C)ccc4C)cc3c2=O)cc1Cl. The van der Waals surface area contributed by atoms with E-state index in [2.05, 4.69) is 15.5 Å². The van der Waals surface area contributed by atoms with Crippen LogP contribution in [0.25, 0.3) is 16.8 Å². The van der Waals surface area contributed by atoms with Crippen LogP contribution in [0.2, 0.25) is 5.02 Å². The number of rotatable bonds is 6. The second-order valence-corrected chi connectivity index (χ2v) is 7.91. The number of carbonyl (C=O) groups excluding carboxylic acids is 1. The summed E-state index contributed by atoms with van der Waals surface area (Å²) in [6.07, 6.45) is 1.41. The number of hydrogen-bond acceptors (Lipinski definition) is 6. The van der Waals surface area contributed by atoms with Crippen LogP contribution in [0.3, 0.4) is 0 Å². The molecule has 0 aliphatic heterocycles. The molecule has 2 aromatic heterocycles. The Hall–Kier alpha value is -3.85. The standard InChI is InChI=1S/C23H22ClN5O4/c1-13-5-6-14(2)15(7-13)17-9-19-23(31)28(25-12-29(19)27-17)11-22(30)26-18-8-16(24)20(32-3)10-21(18)33-4/h5-10,12H,11H2,1-4H3,(H,26,30). The van der Waals surface area contributed by atoms with E-state index in [0.717, 1.165) is 21.4 Å². The Kier molecular flexibility index (Phi) is 6.06. The first-order chi connectivity index (χ1) is 15.8. The molecule has 0 saturated heterocycles. The molecule has 0 aliphatic carbocycles. The van der Waals surface area contributed by atoms with Crippen LogP contribution in [0, 0.1) is 13.8 Å². The first kappa shape index (κ1) is 22.3. The first-order valence-electron chi connectivity index (χ1n) is 10.0. The van der Waals surface area contributed by atoms with Gasteiger partial charge in [-0.2, -0.15) is 10.2 Å². The zero-order valence-corrected chi connectivity index (χ0v) is 19.3. The number of nitrogens with one attached hydrogen (secondary N) is 1. The second-order valence-electron chi connectivity index (χ2n) is 7.51. The van der Waals surface area contributed by atoms with Crippen molar-refractivity contribution in [3.63, 3.8) is 0 Å². The summed E-state index contributed by atoms with van der Waals surface area (Å²) in [7, 11) is 2.95. The Morgan fingerprint density at radius 3 is 2.58 bits per heavy atom. The molecular formula is C23H22ClN5O4. The van der Waals surface area contributed by atoms with Gasteiger partial charge in [0.2, 0.25) is 5.91 Å². The minimum absolute atomic E-state index is 0.299. The number of amides is 1. The van der Waals surface area contributed by atoms with E-state index in [1.807, 2.05) is 32.0 Å². The Labute approximate surface area is 194 Å². The molecule has 10 heteroatoms. The number of anilines is 1. The van der Waals surface area contributed by atoms with Crippen LogP contribution in [0.4, 0.5) is 5.69 Å². The fourth-order valence-electron chi connectivity index (χ4n) is 3.48. The van der Waals surface area contributed by atoms with Crippen molar-refractivity contribution in [2.45, 2.75) is 20.4 Å². The average Bonchev–Trinajstić information content (AvgIpc) is 3.22. The summed E-state index contributed by atoms with van der Waals surface area (Å²) < 4.78 is 12.9. The third-order valence-corrected chi connectivity index (χ3v) is 5.50. The van der Waals surface area contributed by atoms with E-state index in [4.69, 9.17) is 21.1 Å². The number of fused-ring (bicyclic) bond motifs is 1. The Bertz CT molecular complexity index is 1430. The number of ether oxygens (including phenoxy) is 2. The molecule has 2 heterocycles. The van der Waals surface area contributed by atoms with Crippen molar-refractivity contribution in [1.82, 2.24) is 19.4 Å². The van der Waals surface area contributed by atoms with Crippen LogP contribution >= 0.6 is 11.6 Å². The molecule has 33 heavy (non-hydrogen) atoms. The zero-order chi connectivity index (χ0) is 23.7. The number of benzene rings is 2. The van der Waals surface area contributed by atoms with Crippen molar-refractivity contribution < 1.29 is 14.3 Å². The van der Waals surface area contributed by atoms with E-state index < -0.39 is 11.5 Å². The summed E-state index contributed by atoms with van der Waals surface area (Å²) in [6, 6.07) is 10.8. The van der Waals surface area contributed by atoms with Gasteiger partial charge in [0.25, 0.3) is 5.56 Å². The summed E-state index contributed by atoms with van der Waals surface area (Å²) in [5.41, 5.74) is 3.97. The lowest BCUT2D eigenvalue weighted by molar-refractivity contribution is -0.117. The number of aromatic nitrogens is 4. The minimum Gasteiger partial charge on any atom is -0.495 e. The highest BCUT2D eigenvalue weighted by Gasteiger charge is 2.16. The Balaban J connectivity index is 1.61. The smallest absolute Gasteiger partial charge is 0.293 e. The molecule has 0 fully saturated rings. The highest BCUT2D eigenvalue weighted by Crippen LogP contribution is 2.35. The molecule has 0 atom stereocenters. The summed E-state index contributed by atoms with van der Waals surface area (Å²) in [4.78, 5) is 25.6. The first-order valence-corrected chi connectivity index (χ1v) is 10.4. The maximum atomic E-state index is 13.0. The van der Waals surface area contributed by atoms with E-state index in [-0.39, 0.29) is 6.54 Å². The number of methoxy groups -OCH3 is 2. The predicted molar refractivity (Wildman–Crippen MR) is 125 cm³/mol. The molecule has 0 aliphatic rings. The topological polar surface area (TPSA) is 99.8 Å². The molecule has 0 spiro atoms. The molecule has 0 saturated carbocycles. The molecule has 0 bridgehead atoms. The Morgan fingerprint density at radius 2 is 1.85 bits per heavy atom. The average molecular weight is 468 g/mol. The van der Waals surface area contributed by atoms with Crippen LogP contribution < -0.4 is 20.3 Å². The van der Waals surface area contributed by atoms with Crippen LogP contribution in [-0.4, -0.2) is 39.5 Å². The van der Waals surface area contributed by atoms with Crippen molar-refractivity contribution in [1.29, 1.82) is 0 Å². The third-order valence-electron chi connectivity index (χ3n) is 5.20. The van der Waals surface area contributed by atoms with Crippen LogP contribution in [0.1, 0.15) is 11.1 Å². The zero-order valence-electron chi connectivity index (χ0n) is 18.5. The molecular weight excluding hydrogens is 446 g/mol. The lowest BCUT2D eigenvalue weighted by Gasteiger charge is -2.13. The summed E-state index contributed by atoms with van der Waals surface area (Å²) in [5.74, 6) is 0.312. The molecule has 1 N–H and O–H groups in total. The van der Waals surface area contributed by atoms with Gasteiger partial charge in [-0.1, -0.05) is 29.3 Å². The summed E-state index contributed by atoms with van der Waals surface area (Å²) in [6.45, 7) is 3.68. The molecule has 170 valence electrons. The molecule has 0 unspecified atom stereocenters. The van der Waals surface area contributed by atoms with Crippen molar-refractivity contribution in [2.24, 2.45) is 0 Å². The van der Waals surface area contributed by atoms with Gasteiger partial charge in [-0.3, -0.25) is 9.59 Å². The van der Waals surface area contributed by atoms with E-state index in [9.17, 15) is 9.59 Å². The van der Waals surface area contributed by atoms with Crippen molar-refractivity contribution >= 4 is 28.7 Å². The quantitative estimate of drug-likeness (QED) is 0.466. The third kappa shape index (κ3) is 4.40. The van der Waals surface area contributed by atoms with Gasteiger partial charge in [0, 0.05) is 11.6 Å². The van der Waals surface area contributed by atoms with Crippen LogP contribution in [0.15, 0.2) is 47.5 Å². The number of carbonyl (C=O) groups is 1. The summed E-state index contributed by atoms with van der Waals surface area (Å²) >= 11 is 6.16. The molecule has 4 aromatic rings. The number of hydrogen-bond donors (Lipinski definition) is 1. The largest absolute Gasteiger partial charge is 0.495 e. The molecule has 4 rings (SSSR count). The maximum Gasteiger partial charge on any atom is 0.293 e. The van der Waals surface area contributed by atoms with Gasteiger partial charge in [0.15, 0.2) is 0 Å². The highest BCUT2D eigenvalue weighted by atomic mass is 35.5. The van der Waals surface area contributed by atoms with Gasteiger partial charge in [0.1, 0.15) is 29.9 Å². The molecule has 9 nitrogen and oxygen atoms in total. The van der Waals surface area contributed by atoms with Crippen LogP contribution in [-0.2, 0) is 11.3 Å². The number of aryl methyl sites for hydroxylation is 2. The molecule has 1 amide bonds. The lowest BCUT2D eigenvalue weighted by atomic mass is 10.0. The van der Waals surface area contributed by atoms with Crippen LogP contribution in [0.5, 0.6) is 11.5 Å². The number of halogens is 1. The Morgan fingerprint density at radius 1 is 1.09 bits per heavy atom. The summed E-state index contributed by atoms with van der Waals surface area (Å²) in [5, 5.41) is 11.6. The normalized spacial score (nSPS) is 10.9. The van der Waals surface area contributed by atoms with E-state index in [0.29, 0.717) is 33.4 Å². The van der Waals surface area contributed by atoms with E-state index in [1.165, 1.54) is 31.1 Å². The van der Waals surface area contributed by atoms with E-state index >= 15 is 0 Å². The molecule has 2 aromatic carbocycles. The van der Waals surface area contributed by atoms with Gasteiger partial charge in [-0.05, 0) is 37.6 Å². The van der Waals surface area contributed by atoms with Gasteiger partial charge >= 0.3 is 0 Å². The van der Waals surface area contributed by atoms with Gasteiger partial charge in [-0.25, -0.2) is 9.20 Å². The van der Waals surface area contributed by atoms with Gasteiger partial charge in [-0.15, -0.1) is 0 Å². The fraction of sp³-hybridized carbons (Fsp3) is 0.217. The van der Waals surface area contributed by atoms with Gasteiger partial charge in [0.05, 0.1) is 30.6 Å². The molecule has 0 radical (unpaired) electrons. The maximum absolute atomic E-state index is 13.0. The van der Waals surface area contributed by atoms with Crippen molar-refractivity contribution in [3.8, 4) is 22.8 Å². The monoisotopic (exact) mass is 467 g/mol. The number of nitrogens with zero attached hydrogens (tertiary/aromatic N) is 4. The van der Waals surface area contributed by atoms with Gasteiger partial charge < -0.3 is 14.8 Å².